The third kappa shape index (κ3) is 2.03. The Morgan fingerprint density at radius 2 is 1.17 bits per heavy atom. The van der Waals surface area contributed by atoms with Crippen LogP contribution in [0.2, 0.25) is 0 Å². The van der Waals surface area contributed by atoms with Crippen molar-refractivity contribution in [1.29, 1.82) is 0 Å². The maximum absolute atomic E-state index is 5.40. The molecule has 0 aromatic rings. The van der Waals surface area contributed by atoms with Crippen LogP contribution in [-0.2, 0) is 0 Å². The molecule has 0 radical (unpaired) electrons. The topological polar surface area (TPSA) is 3.24 Å². The highest BCUT2D eigenvalue weighted by atomic mass is 15.2. The van der Waals surface area contributed by atoms with Crippen molar-refractivity contribution in [3.8, 4) is 24.7 Å². The van der Waals surface area contributed by atoms with Gasteiger partial charge in [0.25, 0.3) is 0 Å². The van der Waals surface area contributed by atoms with E-state index in [-0.39, 0.29) is 11.1 Å². The largest absolute Gasteiger partial charge is 0.275 e. The van der Waals surface area contributed by atoms with Gasteiger partial charge in [-0.25, -0.2) is 0 Å². The molecule has 12 heavy (non-hydrogen) atoms. The van der Waals surface area contributed by atoms with Crippen LogP contribution in [0.3, 0.4) is 0 Å². The van der Waals surface area contributed by atoms with Gasteiger partial charge < -0.3 is 0 Å². The summed E-state index contributed by atoms with van der Waals surface area (Å²) >= 11 is 0. The van der Waals surface area contributed by atoms with Crippen LogP contribution in [0.25, 0.3) is 0 Å². The van der Waals surface area contributed by atoms with Gasteiger partial charge >= 0.3 is 0 Å². The van der Waals surface area contributed by atoms with Crippen LogP contribution in [0, 0.1) is 24.7 Å². The monoisotopic (exact) mass is 163 g/mol. The van der Waals surface area contributed by atoms with Gasteiger partial charge in [0.2, 0.25) is 0 Å². The van der Waals surface area contributed by atoms with E-state index in [9.17, 15) is 0 Å². The van der Waals surface area contributed by atoms with E-state index in [0.717, 1.165) is 0 Å². The van der Waals surface area contributed by atoms with Crippen LogP contribution >= 0.6 is 0 Å². The molecule has 1 heteroatoms. The van der Waals surface area contributed by atoms with Crippen molar-refractivity contribution in [2.24, 2.45) is 0 Å². The Hall–Kier alpha value is -0.920. The molecular formula is C11H17N. The maximum atomic E-state index is 5.40. The Kier molecular flexibility index (Phi) is 2.97. The highest BCUT2D eigenvalue weighted by molar-refractivity contribution is 5.17. The highest BCUT2D eigenvalue weighted by Crippen LogP contribution is 2.21. The van der Waals surface area contributed by atoms with E-state index in [1.807, 2.05) is 39.6 Å². The summed E-state index contributed by atoms with van der Waals surface area (Å²) in [7, 11) is 1.94. The fourth-order valence-electron chi connectivity index (χ4n) is 0.892. The minimum atomic E-state index is -0.296. The number of hydrogen-bond donors (Lipinski definition) is 0. The Morgan fingerprint density at radius 3 is 1.33 bits per heavy atom. The molecule has 0 aromatic carbocycles. The molecule has 0 aromatic heterocycles. The molecule has 0 aliphatic rings. The van der Waals surface area contributed by atoms with Gasteiger partial charge in [-0.3, -0.25) is 4.90 Å². The lowest BCUT2D eigenvalue weighted by Crippen LogP contribution is -2.51. The van der Waals surface area contributed by atoms with Crippen LogP contribution in [0.5, 0.6) is 0 Å². The second kappa shape index (κ2) is 3.21. The predicted molar refractivity (Wildman–Crippen MR) is 53.6 cm³/mol. The number of nitrogens with zero attached hydrogens (tertiary/aromatic N) is 1. The SMILES string of the molecule is C#CC(C)(C)N(C)C(C)(C)C#C. The van der Waals surface area contributed by atoms with Crippen LogP contribution < -0.4 is 0 Å². The first-order valence-electron chi connectivity index (χ1n) is 3.97. The summed E-state index contributed by atoms with van der Waals surface area (Å²) in [6.45, 7) is 7.91. The number of terminal acetylenes is 2. The summed E-state index contributed by atoms with van der Waals surface area (Å²) in [6, 6.07) is 0. The smallest absolute Gasteiger partial charge is 0.0775 e. The second-order valence-corrected chi connectivity index (χ2v) is 3.97. The van der Waals surface area contributed by atoms with Gasteiger partial charge in [-0.15, -0.1) is 12.8 Å². The average molecular weight is 163 g/mol. The molecule has 0 N–H and O–H groups in total. The highest BCUT2D eigenvalue weighted by Gasteiger charge is 2.31. The molecule has 0 unspecified atom stereocenters. The van der Waals surface area contributed by atoms with E-state index in [0.29, 0.717) is 0 Å². The molecule has 0 heterocycles. The van der Waals surface area contributed by atoms with Crippen LogP contribution in [0.15, 0.2) is 0 Å². The average Bonchev–Trinajstić information content (AvgIpc) is 2.03. The van der Waals surface area contributed by atoms with Crippen molar-refractivity contribution in [1.82, 2.24) is 4.90 Å². The lowest BCUT2D eigenvalue weighted by atomic mass is 9.95. The summed E-state index contributed by atoms with van der Waals surface area (Å²) in [4.78, 5) is 2.01. The first-order valence-corrected chi connectivity index (χ1v) is 3.97. The van der Waals surface area contributed by atoms with Gasteiger partial charge in [-0.1, -0.05) is 11.8 Å². The summed E-state index contributed by atoms with van der Waals surface area (Å²) in [5, 5.41) is 0. The first kappa shape index (κ1) is 11.1. The van der Waals surface area contributed by atoms with Crippen molar-refractivity contribution in [2.45, 2.75) is 38.8 Å². The lowest BCUT2D eigenvalue weighted by molar-refractivity contribution is 0.124. The molecule has 0 aliphatic heterocycles. The van der Waals surface area contributed by atoms with Gasteiger partial charge in [0.15, 0.2) is 0 Å². The van der Waals surface area contributed by atoms with Crippen molar-refractivity contribution in [3.63, 3.8) is 0 Å². The van der Waals surface area contributed by atoms with Crippen LogP contribution in [-0.4, -0.2) is 23.0 Å². The molecule has 66 valence electrons. The van der Waals surface area contributed by atoms with E-state index < -0.39 is 0 Å². The Balaban J connectivity index is 4.77. The molecule has 0 aliphatic carbocycles. The molecule has 0 saturated heterocycles. The van der Waals surface area contributed by atoms with E-state index in [2.05, 4.69) is 11.8 Å². The van der Waals surface area contributed by atoms with Gasteiger partial charge in [-0.05, 0) is 34.7 Å². The molecule has 0 bridgehead atoms. The van der Waals surface area contributed by atoms with Crippen molar-refractivity contribution >= 4 is 0 Å². The maximum Gasteiger partial charge on any atom is 0.0775 e. The zero-order chi connectivity index (χ0) is 9.99. The van der Waals surface area contributed by atoms with Crippen molar-refractivity contribution < 1.29 is 0 Å². The van der Waals surface area contributed by atoms with Gasteiger partial charge in [0, 0.05) is 0 Å². The van der Waals surface area contributed by atoms with Gasteiger partial charge in [-0.2, -0.15) is 0 Å². The van der Waals surface area contributed by atoms with Gasteiger partial charge in [0.1, 0.15) is 0 Å². The first-order chi connectivity index (χ1) is 5.28. The minimum Gasteiger partial charge on any atom is -0.275 e. The zero-order valence-electron chi connectivity index (χ0n) is 8.60. The molecule has 0 spiro atoms. The van der Waals surface area contributed by atoms with Crippen LogP contribution in [0.1, 0.15) is 27.7 Å². The summed E-state index contributed by atoms with van der Waals surface area (Å²) in [6.07, 6.45) is 10.8. The summed E-state index contributed by atoms with van der Waals surface area (Å²) in [5.41, 5.74) is -0.592. The van der Waals surface area contributed by atoms with E-state index in [1.165, 1.54) is 0 Å². The van der Waals surface area contributed by atoms with E-state index in [1.54, 1.807) is 0 Å². The normalized spacial score (nSPS) is 12.3. The predicted octanol–water partition coefficient (Wildman–Crippen LogP) is 1.74. The third-order valence-corrected chi connectivity index (χ3v) is 2.38. The molecule has 0 amide bonds. The summed E-state index contributed by atoms with van der Waals surface area (Å²) < 4.78 is 0. The Morgan fingerprint density at radius 1 is 0.917 bits per heavy atom. The number of hydrogen-bond acceptors (Lipinski definition) is 1. The molecule has 0 rings (SSSR count). The lowest BCUT2D eigenvalue weighted by Gasteiger charge is -2.40. The fourth-order valence-corrected chi connectivity index (χ4v) is 0.892. The summed E-state index contributed by atoms with van der Waals surface area (Å²) in [5.74, 6) is 5.42. The number of rotatable bonds is 2. The Labute approximate surface area is 76.1 Å². The van der Waals surface area contributed by atoms with Gasteiger partial charge in [0.05, 0.1) is 11.1 Å². The zero-order valence-corrected chi connectivity index (χ0v) is 8.60. The fraction of sp³-hybridized carbons (Fsp3) is 0.636. The molecule has 0 fully saturated rings. The standard InChI is InChI=1S/C11H17N/c1-8-10(3,4)12(7)11(5,6)9-2/h1-2H,3-7H3. The second-order valence-electron chi connectivity index (χ2n) is 3.97. The van der Waals surface area contributed by atoms with E-state index in [4.69, 9.17) is 12.8 Å². The Bertz CT molecular complexity index is 209. The molecule has 1 nitrogen and oxygen atoms in total. The molecule has 0 atom stereocenters. The minimum absolute atomic E-state index is 0.296. The third-order valence-electron chi connectivity index (χ3n) is 2.38. The van der Waals surface area contributed by atoms with Crippen molar-refractivity contribution in [3.05, 3.63) is 0 Å². The quantitative estimate of drug-likeness (QED) is 0.560. The molecular weight excluding hydrogens is 146 g/mol. The molecule has 0 saturated carbocycles. The van der Waals surface area contributed by atoms with Crippen LogP contribution in [0.4, 0.5) is 0 Å². The van der Waals surface area contributed by atoms with Crippen molar-refractivity contribution in [2.75, 3.05) is 7.05 Å². The van der Waals surface area contributed by atoms with E-state index >= 15 is 0 Å².